The molecule has 1 N–H and O–H groups in total. The first-order valence-electron chi connectivity index (χ1n) is 5.52. The van der Waals surface area contributed by atoms with E-state index >= 15 is 0 Å². The summed E-state index contributed by atoms with van der Waals surface area (Å²) in [6.07, 6.45) is 0. The highest BCUT2D eigenvalue weighted by Gasteiger charge is 2.15. The van der Waals surface area contributed by atoms with Gasteiger partial charge in [-0.1, -0.05) is 13.8 Å². The molecule has 0 spiro atoms. The molecule has 0 saturated carbocycles. The normalized spacial score (nSPS) is 12.3. The summed E-state index contributed by atoms with van der Waals surface area (Å²) in [5, 5.41) is 2.61. The molecule has 0 fully saturated rings. The Bertz CT molecular complexity index is 231. The molecular weight excluding hydrogens is 226 g/mol. The Balaban J connectivity index is 3.74. The molecule has 4 nitrogen and oxygen atoms in total. The Kier molecular flexibility index (Phi) is 8.07. The van der Waals surface area contributed by atoms with Crippen LogP contribution >= 0.6 is 11.8 Å². The fourth-order valence-electron chi connectivity index (χ4n) is 0.920. The number of ether oxygens (including phenoxy) is 1. The lowest BCUT2D eigenvalue weighted by Crippen LogP contribution is -2.34. The van der Waals surface area contributed by atoms with Crippen LogP contribution in [0.4, 0.5) is 0 Å². The van der Waals surface area contributed by atoms with Crippen LogP contribution in [0.25, 0.3) is 0 Å². The number of hydrogen-bond acceptors (Lipinski definition) is 4. The van der Waals surface area contributed by atoms with E-state index in [4.69, 9.17) is 4.74 Å². The summed E-state index contributed by atoms with van der Waals surface area (Å²) in [4.78, 5) is 22.6. The van der Waals surface area contributed by atoms with E-state index in [9.17, 15) is 9.59 Å². The van der Waals surface area contributed by atoms with Crippen molar-refractivity contribution in [1.82, 2.24) is 5.32 Å². The molecule has 0 saturated heterocycles. The lowest BCUT2D eigenvalue weighted by Gasteiger charge is -2.12. The summed E-state index contributed by atoms with van der Waals surface area (Å²) in [5.41, 5.74) is 0. The molecule has 0 rings (SSSR count). The number of esters is 1. The predicted octanol–water partition coefficient (Wildman–Crippen LogP) is 1.44. The van der Waals surface area contributed by atoms with Gasteiger partial charge < -0.3 is 10.1 Å². The van der Waals surface area contributed by atoms with Crippen LogP contribution in [0.15, 0.2) is 0 Å². The van der Waals surface area contributed by atoms with Crippen molar-refractivity contribution in [1.29, 1.82) is 0 Å². The third kappa shape index (κ3) is 7.56. The maximum atomic E-state index is 11.5. The van der Waals surface area contributed by atoms with Gasteiger partial charge in [-0.05, 0) is 19.8 Å². The third-order valence-corrected chi connectivity index (χ3v) is 2.93. The molecule has 0 unspecified atom stereocenters. The standard InChI is InChI=1S/C11H21NO3S/c1-5-15-10(13)7-16-9(4)11(14)12-6-8(2)3/h8-9H,5-7H2,1-4H3,(H,12,14)/t9-/m1/s1. The van der Waals surface area contributed by atoms with Gasteiger partial charge in [0.25, 0.3) is 0 Å². The Labute approximate surface area is 101 Å². The van der Waals surface area contributed by atoms with E-state index in [-0.39, 0.29) is 22.9 Å². The van der Waals surface area contributed by atoms with Crippen LogP contribution in [-0.2, 0) is 14.3 Å². The average molecular weight is 247 g/mol. The molecule has 0 aromatic heterocycles. The Morgan fingerprint density at radius 3 is 2.44 bits per heavy atom. The smallest absolute Gasteiger partial charge is 0.315 e. The second-order valence-electron chi connectivity index (χ2n) is 3.90. The van der Waals surface area contributed by atoms with Gasteiger partial charge >= 0.3 is 5.97 Å². The summed E-state index contributed by atoms with van der Waals surface area (Å²) in [6.45, 7) is 8.69. The van der Waals surface area contributed by atoms with E-state index in [0.29, 0.717) is 19.1 Å². The molecule has 5 heteroatoms. The lowest BCUT2D eigenvalue weighted by atomic mass is 10.2. The van der Waals surface area contributed by atoms with Gasteiger partial charge in [0.2, 0.25) is 5.91 Å². The van der Waals surface area contributed by atoms with E-state index < -0.39 is 0 Å². The first-order chi connectivity index (χ1) is 7.47. The van der Waals surface area contributed by atoms with Crippen LogP contribution < -0.4 is 5.32 Å². The molecule has 0 aromatic carbocycles. The fourth-order valence-corrected chi connectivity index (χ4v) is 1.62. The molecule has 1 amide bonds. The maximum Gasteiger partial charge on any atom is 0.315 e. The molecule has 0 bridgehead atoms. The molecule has 0 radical (unpaired) electrons. The van der Waals surface area contributed by atoms with Gasteiger partial charge in [0.15, 0.2) is 0 Å². The number of nitrogens with one attached hydrogen (secondary N) is 1. The number of rotatable bonds is 7. The minimum Gasteiger partial charge on any atom is -0.465 e. The first-order valence-corrected chi connectivity index (χ1v) is 6.57. The molecule has 0 aromatic rings. The summed E-state index contributed by atoms with van der Waals surface area (Å²) in [7, 11) is 0. The third-order valence-electron chi connectivity index (χ3n) is 1.81. The van der Waals surface area contributed by atoms with E-state index in [0.717, 1.165) is 0 Å². The summed E-state index contributed by atoms with van der Waals surface area (Å²) >= 11 is 1.30. The van der Waals surface area contributed by atoms with Gasteiger partial charge in [-0.2, -0.15) is 0 Å². The molecule has 16 heavy (non-hydrogen) atoms. The van der Waals surface area contributed by atoms with Gasteiger partial charge in [0.1, 0.15) is 0 Å². The van der Waals surface area contributed by atoms with Gasteiger partial charge in [-0.3, -0.25) is 9.59 Å². The number of thioether (sulfide) groups is 1. The first kappa shape index (κ1) is 15.3. The van der Waals surface area contributed by atoms with E-state index in [1.165, 1.54) is 11.8 Å². The Morgan fingerprint density at radius 1 is 1.31 bits per heavy atom. The van der Waals surface area contributed by atoms with Crippen LogP contribution in [0.2, 0.25) is 0 Å². The minimum absolute atomic E-state index is 0.0250. The van der Waals surface area contributed by atoms with E-state index in [1.807, 2.05) is 13.8 Å². The van der Waals surface area contributed by atoms with Crippen molar-refractivity contribution in [2.75, 3.05) is 18.9 Å². The van der Waals surface area contributed by atoms with E-state index in [1.54, 1.807) is 13.8 Å². The van der Waals surface area contributed by atoms with Gasteiger partial charge in [0.05, 0.1) is 17.6 Å². The monoisotopic (exact) mass is 247 g/mol. The summed E-state index contributed by atoms with van der Waals surface area (Å²) < 4.78 is 4.78. The largest absolute Gasteiger partial charge is 0.465 e. The molecular formula is C11H21NO3S. The molecule has 94 valence electrons. The fraction of sp³-hybridized carbons (Fsp3) is 0.818. The van der Waals surface area contributed by atoms with Gasteiger partial charge in [-0.25, -0.2) is 0 Å². The predicted molar refractivity (Wildman–Crippen MR) is 66.4 cm³/mol. The number of hydrogen-bond donors (Lipinski definition) is 1. The van der Waals surface area contributed by atoms with Crippen LogP contribution in [-0.4, -0.2) is 36.0 Å². The molecule has 0 aliphatic rings. The molecule has 0 heterocycles. The zero-order valence-corrected chi connectivity index (χ0v) is 11.2. The number of carbonyl (C=O) groups excluding carboxylic acids is 2. The Morgan fingerprint density at radius 2 is 1.94 bits per heavy atom. The van der Waals surface area contributed by atoms with Crippen molar-refractivity contribution in [2.24, 2.45) is 5.92 Å². The maximum absolute atomic E-state index is 11.5. The highest BCUT2D eigenvalue weighted by atomic mass is 32.2. The van der Waals surface area contributed by atoms with Crippen LogP contribution in [0, 0.1) is 5.92 Å². The van der Waals surface area contributed by atoms with E-state index in [2.05, 4.69) is 5.32 Å². The quantitative estimate of drug-likeness (QED) is 0.692. The topological polar surface area (TPSA) is 55.4 Å². The van der Waals surface area contributed by atoms with Gasteiger partial charge in [-0.15, -0.1) is 11.8 Å². The zero-order chi connectivity index (χ0) is 12.6. The molecule has 0 aliphatic carbocycles. The molecule has 1 atom stereocenters. The lowest BCUT2D eigenvalue weighted by molar-refractivity contribution is -0.139. The summed E-state index contributed by atoms with van der Waals surface area (Å²) in [5.74, 6) is 0.370. The second-order valence-corrected chi connectivity index (χ2v) is 5.23. The molecule has 0 aliphatic heterocycles. The van der Waals surface area contributed by atoms with Crippen molar-refractivity contribution in [3.63, 3.8) is 0 Å². The van der Waals surface area contributed by atoms with Crippen molar-refractivity contribution >= 4 is 23.6 Å². The minimum atomic E-state index is -0.268. The van der Waals surface area contributed by atoms with Crippen molar-refractivity contribution in [2.45, 2.75) is 32.9 Å². The zero-order valence-electron chi connectivity index (χ0n) is 10.4. The highest BCUT2D eigenvalue weighted by Crippen LogP contribution is 2.10. The van der Waals surface area contributed by atoms with Crippen molar-refractivity contribution in [3.8, 4) is 0 Å². The number of carbonyl (C=O) groups is 2. The number of amides is 1. The van der Waals surface area contributed by atoms with Gasteiger partial charge in [0, 0.05) is 6.54 Å². The summed E-state index contributed by atoms with van der Waals surface area (Å²) in [6, 6.07) is 0. The highest BCUT2D eigenvalue weighted by molar-refractivity contribution is 8.01. The van der Waals surface area contributed by atoms with Crippen LogP contribution in [0.3, 0.4) is 0 Å². The second kappa shape index (κ2) is 8.44. The average Bonchev–Trinajstić information content (AvgIpc) is 2.22. The Hall–Kier alpha value is -0.710. The SMILES string of the molecule is CCOC(=O)CS[C@H](C)C(=O)NCC(C)C. The van der Waals surface area contributed by atoms with Crippen LogP contribution in [0.5, 0.6) is 0 Å². The van der Waals surface area contributed by atoms with Crippen molar-refractivity contribution in [3.05, 3.63) is 0 Å². The van der Waals surface area contributed by atoms with Crippen molar-refractivity contribution < 1.29 is 14.3 Å². The van der Waals surface area contributed by atoms with Crippen LogP contribution in [0.1, 0.15) is 27.7 Å².